The second kappa shape index (κ2) is 8.88. The van der Waals surface area contributed by atoms with Gasteiger partial charge in [-0.25, -0.2) is 4.68 Å². The first kappa shape index (κ1) is 21.0. The van der Waals surface area contributed by atoms with Crippen LogP contribution >= 0.6 is 0 Å². The third-order valence-electron chi connectivity index (χ3n) is 4.84. The van der Waals surface area contributed by atoms with Gasteiger partial charge in [0.25, 0.3) is 11.8 Å². The summed E-state index contributed by atoms with van der Waals surface area (Å²) in [5.41, 5.74) is 3.24. The van der Waals surface area contributed by atoms with Gasteiger partial charge in [-0.15, -0.1) is 0 Å². The first-order chi connectivity index (χ1) is 15.4. The van der Waals surface area contributed by atoms with Gasteiger partial charge in [0.15, 0.2) is 11.4 Å². The van der Waals surface area contributed by atoms with Crippen LogP contribution in [0, 0.1) is 13.8 Å². The van der Waals surface area contributed by atoms with Crippen molar-refractivity contribution in [3.63, 3.8) is 0 Å². The van der Waals surface area contributed by atoms with E-state index < -0.39 is 11.8 Å². The minimum atomic E-state index is -0.429. The Morgan fingerprint density at radius 1 is 0.938 bits per heavy atom. The van der Waals surface area contributed by atoms with Gasteiger partial charge in [-0.05, 0) is 45.0 Å². The van der Waals surface area contributed by atoms with E-state index in [1.807, 2.05) is 45.0 Å². The fraction of sp³-hybridized carbons (Fsp3) is 0.227. The maximum absolute atomic E-state index is 12.8. The van der Waals surface area contributed by atoms with Gasteiger partial charge in [-0.2, -0.15) is 15.3 Å². The number of nitrogens with zero attached hydrogens (tertiary/aromatic N) is 6. The number of aryl methyl sites for hydroxylation is 3. The maximum atomic E-state index is 12.8. The zero-order chi connectivity index (χ0) is 22.7. The minimum Gasteiger partial charge on any atom is -0.321 e. The van der Waals surface area contributed by atoms with Gasteiger partial charge in [0, 0.05) is 30.3 Å². The molecular formula is C22H24N8O2. The van der Waals surface area contributed by atoms with Gasteiger partial charge in [0.05, 0.1) is 11.4 Å². The highest BCUT2D eigenvalue weighted by atomic mass is 16.2. The number of para-hydroxylation sites is 1. The molecule has 0 aliphatic rings. The zero-order valence-corrected chi connectivity index (χ0v) is 18.1. The Labute approximate surface area is 184 Å². The highest BCUT2D eigenvalue weighted by molar-refractivity contribution is 6.10. The predicted molar refractivity (Wildman–Crippen MR) is 120 cm³/mol. The van der Waals surface area contributed by atoms with Crippen LogP contribution in [0.15, 0.2) is 54.9 Å². The second-order valence-electron chi connectivity index (χ2n) is 7.33. The van der Waals surface area contributed by atoms with E-state index in [1.54, 1.807) is 44.6 Å². The minimum absolute atomic E-state index is 0.131. The smallest absolute Gasteiger partial charge is 0.278 e. The van der Waals surface area contributed by atoms with Crippen molar-refractivity contribution in [1.29, 1.82) is 0 Å². The summed E-state index contributed by atoms with van der Waals surface area (Å²) in [7, 11) is 0. The van der Waals surface area contributed by atoms with Gasteiger partial charge < -0.3 is 10.6 Å². The van der Waals surface area contributed by atoms with E-state index in [-0.39, 0.29) is 11.4 Å². The number of benzene rings is 1. The van der Waals surface area contributed by atoms with E-state index in [4.69, 9.17) is 0 Å². The van der Waals surface area contributed by atoms with Crippen molar-refractivity contribution >= 4 is 23.2 Å². The fourth-order valence-corrected chi connectivity index (χ4v) is 3.26. The summed E-state index contributed by atoms with van der Waals surface area (Å²) in [5.74, 6) is -0.838. The zero-order valence-electron chi connectivity index (χ0n) is 18.1. The third kappa shape index (κ3) is 4.59. The maximum Gasteiger partial charge on any atom is 0.278 e. The fourth-order valence-electron chi connectivity index (χ4n) is 3.26. The van der Waals surface area contributed by atoms with Gasteiger partial charge in [0.1, 0.15) is 6.67 Å². The molecule has 0 bridgehead atoms. The molecule has 164 valence electrons. The van der Waals surface area contributed by atoms with Gasteiger partial charge in [0.2, 0.25) is 0 Å². The van der Waals surface area contributed by atoms with Crippen LogP contribution in [0.3, 0.4) is 0 Å². The van der Waals surface area contributed by atoms with Crippen molar-refractivity contribution in [2.24, 2.45) is 0 Å². The van der Waals surface area contributed by atoms with Crippen LogP contribution in [0.4, 0.5) is 11.4 Å². The molecule has 0 fully saturated rings. The van der Waals surface area contributed by atoms with Crippen LogP contribution in [0.5, 0.6) is 0 Å². The highest BCUT2D eigenvalue weighted by Crippen LogP contribution is 2.17. The molecule has 2 amide bonds. The SMILES string of the molecule is CCn1cc(NC(=O)c2ccn(Cn3nc(C)cc3C)n2)c(C(=O)Nc2ccccc2)n1. The lowest BCUT2D eigenvalue weighted by Gasteiger charge is -2.06. The van der Waals surface area contributed by atoms with Crippen molar-refractivity contribution in [1.82, 2.24) is 29.3 Å². The molecule has 3 heterocycles. The van der Waals surface area contributed by atoms with E-state index in [1.165, 1.54) is 0 Å². The number of aromatic nitrogens is 6. The Hall–Kier alpha value is -4.21. The molecule has 3 aromatic heterocycles. The highest BCUT2D eigenvalue weighted by Gasteiger charge is 2.20. The molecule has 2 N–H and O–H groups in total. The number of amides is 2. The second-order valence-corrected chi connectivity index (χ2v) is 7.33. The molecule has 32 heavy (non-hydrogen) atoms. The Kier molecular flexibility index (Phi) is 5.84. The molecule has 0 saturated heterocycles. The molecule has 0 aliphatic carbocycles. The van der Waals surface area contributed by atoms with Crippen molar-refractivity contribution in [2.45, 2.75) is 34.0 Å². The van der Waals surface area contributed by atoms with Gasteiger partial charge in [-0.3, -0.25) is 19.0 Å². The molecule has 10 nitrogen and oxygen atoms in total. The van der Waals surface area contributed by atoms with Crippen molar-refractivity contribution in [2.75, 3.05) is 10.6 Å². The van der Waals surface area contributed by atoms with Crippen LogP contribution in [-0.2, 0) is 13.2 Å². The first-order valence-electron chi connectivity index (χ1n) is 10.2. The summed E-state index contributed by atoms with van der Waals surface area (Å²) < 4.78 is 5.03. The van der Waals surface area contributed by atoms with Gasteiger partial charge >= 0.3 is 0 Å². The summed E-state index contributed by atoms with van der Waals surface area (Å²) in [5, 5.41) is 18.6. The predicted octanol–water partition coefficient (Wildman–Crippen LogP) is 2.92. The Bertz CT molecular complexity index is 1250. The summed E-state index contributed by atoms with van der Waals surface area (Å²) in [6, 6.07) is 12.7. The number of nitrogens with one attached hydrogen (secondary N) is 2. The molecule has 4 aromatic rings. The van der Waals surface area contributed by atoms with Crippen molar-refractivity contribution < 1.29 is 9.59 Å². The number of rotatable bonds is 7. The molecule has 0 aliphatic heterocycles. The van der Waals surface area contributed by atoms with Crippen molar-refractivity contribution in [3.8, 4) is 0 Å². The third-order valence-corrected chi connectivity index (χ3v) is 4.84. The average Bonchev–Trinajstić information content (AvgIpc) is 3.48. The topological polar surface area (TPSA) is 112 Å². The molecule has 0 radical (unpaired) electrons. The van der Waals surface area contributed by atoms with E-state index in [2.05, 4.69) is 25.9 Å². The summed E-state index contributed by atoms with van der Waals surface area (Å²) in [6.07, 6.45) is 3.34. The Balaban J connectivity index is 1.49. The largest absolute Gasteiger partial charge is 0.321 e. The number of carbonyl (C=O) groups is 2. The van der Waals surface area contributed by atoms with E-state index in [0.717, 1.165) is 11.4 Å². The number of carbonyl (C=O) groups excluding carboxylic acids is 2. The molecular weight excluding hydrogens is 408 g/mol. The number of hydrogen-bond acceptors (Lipinski definition) is 5. The molecule has 1 aromatic carbocycles. The van der Waals surface area contributed by atoms with Gasteiger partial charge in [-0.1, -0.05) is 18.2 Å². The molecule has 4 rings (SSSR count). The summed E-state index contributed by atoms with van der Waals surface area (Å²) >= 11 is 0. The van der Waals surface area contributed by atoms with Crippen LogP contribution < -0.4 is 10.6 Å². The molecule has 0 saturated carbocycles. The molecule has 0 atom stereocenters. The quantitative estimate of drug-likeness (QED) is 0.466. The first-order valence-corrected chi connectivity index (χ1v) is 10.2. The van der Waals surface area contributed by atoms with Crippen LogP contribution in [0.2, 0.25) is 0 Å². The van der Waals surface area contributed by atoms with Crippen LogP contribution in [0.1, 0.15) is 39.3 Å². The Morgan fingerprint density at radius 3 is 2.41 bits per heavy atom. The molecule has 0 spiro atoms. The lowest BCUT2D eigenvalue weighted by molar-refractivity contribution is 0.102. The average molecular weight is 432 g/mol. The van der Waals surface area contributed by atoms with Crippen LogP contribution in [0.25, 0.3) is 0 Å². The number of hydrogen-bond donors (Lipinski definition) is 2. The Morgan fingerprint density at radius 2 is 1.72 bits per heavy atom. The summed E-state index contributed by atoms with van der Waals surface area (Å²) in [4.78, 5) is 25.6. The van der Waals surface area contributed by atoms with E-state index in [0.29, 0.717) is 24.6 Å². The normalized spacial score (nSPS) is 10.8. The van der Waals surface area contributed by atoms with E-state index in [9.17, 15) is 9.59 Å². The monoisotopic (exact) mass is 432 g/mol. The van der Waals surface area contributed by atoms with Crippen LogP contribution in [-0.4, -0.2) is 41.2 Å². The summed E-state index contributed by atoms with van der Waals surface area (Å²) in [6.45, 7) is 6.74. The van der Waals surface area contributed by atoms with E-state index >= 15 is 0 Å². The standard InChI is InChI=1S/C22H24N8O2/c1-4-28-13-19(20(27-28)22(32)23-17-8-6-5-7-9-17)24-21(31)18-10-11-29(26-18)14-30-16(3)12-15(2)25-30/h5-13H,4,14H2,1-3H3,(H,23,32)(H,24,31). The van der Waals surface area contributed by atoms with Crippen molar-refractivity contribution in [3.05, 3.63) is 77.6 Å². The lowest BCUT2D eigenvalue weighted by Crippen LogP contribution is -2.19. The molecule has 10 heteroatoms. The lowest BCUT2D eigenvalue weighted by atomic mass is 10.3. The molecule has 0 unspecified atom stereocenters. The number of anilines is 2.